The van der Waals surface area contributed by atoms with Gasteiger partial charge in [-0.15, -0.1) is 0 Å². The third-order valence-electron chi connectivity index (χ3n) is 3.28. The molecule has 3 rings (SSSR count). The van der Waals surface area contributed by atoms with Gasteiger partial charge in [0.15, 0.2) is 0 Å². The fourth-order valence-electron chi connectivity index (χ4n) is 2.21. The van der Waals surface area contributed by atoms with Crippen molar-refractivity contribution < 1.29 is 9.90 Å². The molecule has 0 bridgehead atoms. The molecule has 0 saturated carbocycles. The summed E-state index contributed by atoms with van der Waals surface area (Å²) in [6.45, 7) is 0.589. The van der Waals surface area contributed by atoms with Crippen LogP contribution in [0.4, 0.5) is 11.4 Å². The molecule has 0 saturated heterocycles. The van der Waals surface area contributed by atoms with Gasteiger partial charge in [-0.05, 0) is 42.3 Å². The zero-order valence-corrected chi connectivity index (χ0v) is 10.9. The molecule has 2 aromatic rings. The molecule has 0 fully saturated rings. The molecule has 0 unspecified atom stereocenters. The molecule has 102 valence electrons. The summed E-state index contributed by atoms with van der Waals surface area (Å²) in [5, 5.41) is 15.3. The molecule has 3 N–H and O–H groups in total. The number of anilines is 2. The van der Waals surface area contributed by atoms with E-state index >= 15 is 0 Å². The van der Waals surface area contributed by atoms with Crippen molar-refractivity contribution in [1.29, 1.82) is 0 Å². The minimum absolute atomic E-state index is 0.0755. The highest BCUT2D eigenvalue weighted by atomic mass is 16.3. The summed E-state index contributed by atoms with van der Waals surface area (Å²) in [5.74, 6) is 0.241. The quantitative estimate of drug-likeness (QED) is 0.799. The lowest BCUT2D eigenvalue weighted by Gasteiger charge is -2.18. The minimum atomic E-state index is 0.0755. The number of nitrogens with one attached hydrogen (secondary N) is 2. The third-order valence-corrected chi connectivity index (χ3v) is 3.28. The topological polar surface area (TPSA) is 74.2 Å². The van der Waals surface area contributed by atoms with Gasteiger partial charge in [0.2, 0.25) is 5.91 Å². The first-order valence-electron chi connectivity index (χ1n) is 6.51. The lowest BCUT2D eigenvalue weighted by atomic mass is 10.0. The smallest absolute Gasteiger partial charge is 0.224 e. The Labute approximate surface area is 116 Å². The van der Waals surface area contributed by atoms with Gasteiger partial charge in [-0.25, -0.2) is 0 Å². The van der Waals surface area contributed by atoms with Crippen LogP contribution in [0.15, 0.2) is 36.5 Å². The van der Waals surface area contributed by atoms with Crippen molar-refractivity contribution >= 4 is 17.3 Å². The zero-order valence-electron chi connectivity index (χ0n) is 10.9. The summed E-state index contributed by atoms with van der Waals surface area (Å²) < 4.78 is 0. The highest BCUT2D eigenvalue weighted by Crippen LogP contribution is 2.25. The van der Waals surface area contributed by atoms with E-state index < -0.39 is 0 Å². The van der Waals surface area contributed by atoms with Gasteiger partial charge in [0.25, 0.3) is 0 Å². The number of fused-ring (bicyclic) bond motifs is 1. The zero-order chi connectivity index (χ0) is 13.9. The van der Waals surface area contributed by atoms with E-state index in [2.05, 4.69) is 21.7 Å². The summed E-state index contributed by atoms with van der Waals surface area (Å²) in [7, 11) is 0. The molecule has 0 aliphatic carbocycles. The predicted octanol–water partition coefficient (Wildman–Crippen LogP) is 2.28. The lowest BCUT2D eigenvalue weighted by molar-refractivity contribution is -0.116. The van der Waals surface area contributed by atoms with Crippen LogP contribution in [0, 0.1) is 0 Å². The van der Waals surface area contributed by atoms with Crippen LogP contribution in [0.2, 0.25) is 0 Å². The second-order valence-electron chi connectivity index (χ2n) is 4.78. The van der Waals surface area contributed by atoms with E-state index in [0.29, 0.717) is 13.0 Å². The number of rotatable bonds is 3. The second kappa shape index (κ2) is 5.21. The number of amides is 1. The molecule has 0 spiro atoms. The van der Waals surface area contributed by atoms with Crippen molar-refractivity contribution in [2.45, 2.75) is 19.4 Å². The Morgan fingerprint density at radius 2 is 2.15 bits per heavy atom. The van der Waals surface area contributed by atoms with Gasteiger partial charge in [-0.2, -0.15) is 0 Å². The Morgan fingerprint density at radius 1 is 1.25 bits per heavy atom. The van der Waals surface area contributed by atoms with Crippen LogP contribution in [0.25, 0.3) is 0 Å². The molecule has 2 heterocycles. The van der Waals surface area contributed by atoms with Gasteiger partial charge in [0.05, 0.1) is 18.4 Å². The number of hydrogen-bond donors (Lipinski definition) is 3. The van der Waals surface area contributed by atoms with Crippen LogP contribution in [-0.4, -0.2) is 16.0 Å². The van der Waals surface area contributed by atoms with Crippen molar-refractivity contribution in [3.8, 4) is 5.75 Å². The number of aromatic nitrogens is 1. The number of carbonyl (C=O) groups is 1. The summed E-state index contributed by atoms with van der Waals surface area (Å²) in [5.41, 5.74) is 3.89. The van der Waals surface area contributed by atoms with Gasteiger partial charge >= 0.3 is 0 Å². The molecular formula is C15H15N3O2. The van der Waals surface area contributed by atoms with Gasteiger partial charge in [0, 0.05) is 17.8 Å². The molecule has 1 aromatic carbocycles. The van der Waals surface area contributed by atoms with Crippen LogP contribution < -0.4 is 10.6 Å². The Bertz CT molecular complexity index is 638. The van der Waals surface area contributed by atoms with Gasteiger partial charge in [-0.3, -0.25) is 9.78 Å². The largest absolute Gasteiger partial charge is 0.506 e. The maximum absolute atomic E-state index is 11.3. The fraction of sp³-hybridized carbons (Fsp3) is 0.200. The van der Waals surface area contributed by atoms with Crippen molar-refractivity contribution in [3.63, 3.8) is 0 Å². The van der Waals surface area contributed by atoms with Gasteiger partial charge in [-0.1, -0.05) is 0 Å². The first kappa shape index (κ1) is 12.5. The predicted molar refractivity (Wildman–Crippen MR) is 76.6 cm³/mol. The molecule has 1 aliphatic rings. The first-order valence-corrected chi connectivity index (χ1v) is 6.51. The highest BCUT2D eigenvalue weighted by molar-refractivity contribution is 5.94. The number of carbonyl (C=O) groups excluding carboxylic acids is 1. The summed E-state index contributed by atoms with van der Waals surface area (Å²) >= 11 is 0. The molecule has 5 heteroatoms. The molecule has 0 atom stereocenters. The number of aryl methyl sites for hydroxylation is 1. The fourth-order valence-corrected chi connectivity index (χ4v) is 2.21. The molecule has 1 amide bonds. The molecule has 20 heavy (non-hydrogen) atoms. The summed E-state index contributed by atoms with van der Waals surface area (Å²) in [4.78, 5) is 15.4. The number of hydrogen-bond acceptors (Lipinski definition) is 4. The Balaban J connectivity index is 1.69. The highest BCUT2D eigenvalue weighted by Gasteiger charge is 2.14. The van der Waals surface area contributed by atoms with Crippen LogP contribution in [0.3, 0.4) is 0 Å². The van der Waals surface area contributed by atoms with E-state index in [1.165, 1.54) is 6.20 Å². The Kier molecular flexibility index (Phi) is 3.25. The Hall–Kier alpha value is -2.56. The number of aromatic hydroxyl groups is 1. The van der Waals surface area contributed by atoms with E-state index in [1.807, 2.05) is 12.1 Å². The van der Waals surface area contributed by atoms with E-state index in [0.717, 1.165) is 29.1 Å². The normalized spacial score (nSPS) is 13.5. The van der Waals surface area contributed by atoms with E-state index in [1.54, 1.807) is 12.1 Å². The van der Waals surface area contributed by atoms with Crippen molar-refractivity contribution in [2.24, 2.45) is 0 Å². The van der Waals surface area contributed by atoms with Crippen molar-refractivity contribution in [2.75, 3.05) is 10.6 Å². The minimum Gasteiger partial charge on any atom is -0.506 e. The van der Waals surface area contributed by atoms with Crippen molar-refractivity contribution in [3.05, 3.63) is 47.8 Å². The van der Waals surface area contributed by atoms with E-state index in [-0.39, 0.29) is 11.7 Å². The van der Waals surface area contributed by atoms with Gasteiger partial charge < -0.3 is 15.7 Å². The lowest BCUT2D eigenvalue weighted by Crippen LogP contribution is -2.19. The number of benzene rings is 1. The maximum Gasteiger partial charge on any atom is 0.224 e. The third kappa shape index (κ3) is 2.71. The average molecular weight is 269 g/mol. The van der Waals surface area contributed by atoms with Crippen LogP contribution in [0.1, 0.15) is 17.7 Å². The van der Waals surface area contributed by atoms with E-state index in [9.17, 15) is 9.90 Å². The van der Waals surface area contributed by atoms with Crippen LogP contribution >= 0.6 is 0 Å². The number of pyridine rings is 1. The maximum atomic E-state index is 11.3. The van der Waals surface area contributed by atoms with Crippen LogP contribution in [-0.2, 0) is 17.8 Å². The standard InChI is InChI=1S/C15H15N3O2/c19-13-4-2-12(17-9-13)8-16-11-3-5-14-10(7-11)1-6-15(20)18-14/h2-5,7,9,16,19H,1,6,8H2,(H,18,20). The molecule has 1 aliphatic heterocycles. The monoisotopic (exact) mass is 269 g/mol. The molecule has 1 aromatic heterocycles. The SMILES string of the molecule is O=C1CCc2cc(NCc3ccc(O)cn3)ccc2N1. The molecular weight excluding hydrogens is 254 g/mol. The van der Waals surface area contributed by atoms with Crippen LogP contribution in [0.5, 0.6) is 5.75 Å². The first-order chi connectivity index (χ1) is 9.70. The van der Waals surface area contributed by atoms with E-state index in [4.69, 9.17) is 0 Å². The van der Waals surface area contributed by atoms with Crippen molar-refractivity contribution in [1.82, 2.24) is 4.98 Å². The van der Waals surface area contributed by atoms with Gasteiger partial charge in [0.1, 0.15) is 5.75 Å². The summed E-state index contributed by atoms with van der Waals surface area (Å²) in [6.07, 6.45) is 2.74. The molecule has 5 nitrogen and oxygen atoms in total. The second-order valence-corrected chi connectivity index (χ2v) is 4.78. The molecule has 0 radical (unpaired) electrons. The summed E-state index contributed by atoms with van der Waals surface area (Å²) in [6, 6.07) is 9.30. The average Bonchev–Trinajstić information content (AvgIpc) is 2.46. The number of nitrogens with zero attached hydrogens (tertiary/aromatic N) is 1. The Morgan fingerprint density at radius 3 is 2.95 bits per heavy atom.